The van der Waals surface area contributed by atoms with Crippen molar-refractivity contribution in [3.8, 4) is 5.75 Å². The number of nitrogens with one attached hydrogen (secondary N) is 3. The summed E-state index contributed by atoms with van der Waals surface area (Å²) in [5.74, 6) is -3.04. The predicted octanol–water partition coefficient (Wildman–Crippen LogP) is -0.0190. The molecule has 0 aliphatic carbocycles. The summed E-state index contributed by atoms with van der Waals surface area (Å²) in [6, 6.07) is 1.28. The van der Waals surface area contributed by atoms with Crippen molar-refractivity contribution in [2.45, 2.75) is 70.3 Å². The molecule has 12 heteroatoms. The monoisotopic (exact) mass is 526 g/mol. The van der Waals surface area contributed by atoms with E-state index in [0.717, 1.165) is 0 Å². The van der Waals surface area contributed by atoms with Crippen molar-refractivity contribution in [1.29, 1.82) is 0 Å². The van der Waals surface area contributed by atoms with Crippen LogP contribution in [-0.2, 0) is 25.6 Å². The van der Waals surface area contributed by atoms with E-state index in [1.165, 1.54) is 30.8 Å². The highest BCUT2D eigenvalue weighted by atomic mass is 32.2. The summed E-state index contributed by atoms with van der Waals surface area (Å²) in [4.78, 5) is 50.3. The first-order valence-electron chi connectivity index (χ1n) is 11.8. The number of aliphatic carboxylic acids is 1. The number of aliphatic hydroxyl groups is 1. The fraction of sp³-hybridized carbons (Fsp3) is 0.583. The van der Waals surface area contributed by atoms with Crippen LogP contribution in [0.2, 0.25) is 0 Å². The number of carbonyl (C=O) groups excluding carboxylic acids is 3. The fourth-order valence-electron chi connectivity index (χ4n) is 3.27. The van der Waals surface area contributed by atoms with Gasteiger partial charge in [-0.2, -0.15) is 11.8 Å². The highest BCUT2D eigenvalue weighted by molar-refractivity contribution is 7.98. The Balaban J connectivity index is 3.12. The summed E-state index contributed by atoms with van der Waals surface area (Å²) in [6.45, 7) is 4.97. The number of phenols is 1. The highest BCUT2D eigenvalue weighted by Crippen LogP contribution is 2.13. The molecule has 0 aliphatic rings. The Bertz CT molecular complexity index is 882. The first-order valence-corrected chi connectivity index (χ1v) is 13.1. The lowest BCUT2D eigenvalue weighted by atomic mass is 9.98. The van der Waals surface area contributed by atoms with Gasteiger partial charge in [-0.05, 0) is 49.0 Å². The van der Waals surface area contributed by atoms with Gasteiger partial charge < -0.3 is 37.0 Å². The molecule has 0 aliphatic heterocycles. The maximum atomic E-state index is 13.1. The van der Waals surface area contributed by atoms with Crippen LogP contribution in [0.3, 0.4) is 0 Å². The van der Waals surface area contributed by atoms with Gasteiger partial charge in [0, 0.05) is 6.42 Å². The lowest BCUT2D eigenvalue weighted by molar-refractivity contribution is -0.142. The number of amides is 3. The molecule has 1 aromatic rings. The first-order chi connectivity index (χ1) is 16.9. The Morgan fingerprint density at radius 2 is 1.56 bits per heavy atom. The molecule has 36 heavy (non-hydrogen) atoms. The minimum Gasteiger partial charge on any atom is -0.508 e. The second kappa shape index (κ2) is 15.3. The van der Waals surface area contributed by atoms with E-state index in [1.807, 2.05) is 13.2 Å². The topological polar surface area (TPSA) is 191 Å². The number of phenolic OH excluding ortho intramolecular Hbond substituents is 1. The van der Waals surface area contributed by atoms with Gasteiger partial charge in [-0.15, -0.1) is 0 Å². The van der Waals surface area contributed by atoms with Gasteiger partial charge in [-0.1, -0.05) is 32.4 Å². The zero-order valence-electron chi connectivity index (χ0n) is 21.1. The maximum Gasteiger partial charge on any atom is 0.326 e. The van der Waals surface area contributed by atoms with Crippen molar-refractivity contribution in [1.82, 2.24) is 16.0 Å². The molecule has 1 rings (SSSR count). The summed E-state index contributed by atoms with van der Waals surface area (Å²) in [6.07, 6.45) is 1.30. The van der Waals surface area contributed by atoms with Crippen LogP contribution in [0.25, 0.3) is 0 Å². The molecule has 11 nitrogen and oxygen atoms in total. The first kappa shape index (κ1) is 31.2. The Kier molecular flexibility index (Phi) is 13.3. The molecular weight excluding hydrogens is 488 g/mol. The third-order valence-corrected chi connectivity index (χ3v) is 6.50. The molecule has 1 aromatic carbocycles. The maximum absolute atomic E-state index is 13.1. The Morgan fingerprint density at radius 1 is 0.972 bits per heavy atom. The molecule has 6 atom stereocenters. The van der Waals surface area contributed by atoms with Gasteiger partial charge >= 0.3 is 5.97 Å². The van der Waals surface area contributed by atoms with Crippen LogP contribution in [0.4, 0.5) is 0 Å². The van der Waals surface area contributed by atoms with Crippen molar-refractivity contribution in [2.75, 3.05) is 12.0 Å². The molecule has 202 valence electrons. The van der Waals surface area contributed by atoms with E-state index >= 15 is 0 Å². The molecule has 0 bridgehead atoms. The largest absolute Gasteiger partial charge is 0.508 e. The average Bonchev–Trinajstić information content (AvgIpc) is 2.83. The van der Waals surface area contributed by atoms with Gasteiger partial charge in [-0.25, -0.2) is 4.79 Å². The number of carboxylic acid groups (broad SMARTS) is 1. The molecule has 0 spiro atoms. The summed E-state index contributed by atoms with van der Waals surface area (Å²) in [5.41, 5.74) is 6.52. The summed E-state index contributed by atoms with van der Waals surface area (Å²) in [5, 5.41) is 36.6. The summed E-state index contributed by atoms with van der Waals surface area (Å²) in [7, 11) is 0. The van der Waals surface area contributed by atoms with Crippen molar-refractivity contribution < 1.29 is 34.5 Å². The number of carbonyl (C=O) groups is 4. The number of carboxylic acids is 1. The molecule has 8 N–H and O–H groups in total. The molecule has 6 unspecified atom stereocenters. The van der Waals surface area contributed by atoms with Gasteiger partial charge in [0.15, 0.2) is 0 Å². The van der Waals surface area contributed by atoms with E-state index in [9.17, 15) is 34.5 Å². The molecule has 0 saturated carbocycles. The van der Waals surface area contributed by atoms with E-state index in [1.54, 1.807) is 19.1 Å². The molecule has 0 radical (unpaired) electrons. The van der Waals surface area contributed by atoms with Gasteiger partial charge in [0.05, 0.1) is 12.1 Å². The number of hydrogen-bond donors (Lipinski definition) is 7. The van der Waals surface area contributed by atoms with Gasteiger partial charge in [0.1, 0.15) is 23.9 Å². The van der Waals surface area contributed by atoms with Gasteiger partial charge in [0.2, 0.25) is 17.7 Å². The van der Waals surface area contributed by atoms with E-state index in [-0.39, 0.29) is 24.5 Å². The SMILES string of the molecule is CCC(C)C(N)C(=O)NC(C(=O)NC(Cc1ccc(O)cc1)C(=O)NC(CCSC)C(=O)O)C(C)O. The average molecular weight is 527 g/mol. The number of aromatic hydroxyl groups is 1. The number of benzene rings is 1. The van der Waals surface area contributed by atoms with Crippen molar-refractivity contribution in [2.24, 2.45) is 11.7 Å². The molecule has 0 fully saturated rings. The van der Waals surface area contributed by atoms with E-state index < -0.39 is 54.0 Å². The Morgan fingerprint density at radius 3 is 2.06 bits per heavy atom. The number of rotatable bonds is 15. The second-order valence-corrected chi connectivity index (χ2v) is 9.74. The molecule has 0 heterocycles. The zero-order chi connectivity index (χ0) is 27.4. The van der Waals surface area contributed by atoms with E-state index in [0.29, 0.717) is 17.7 Å². The van der Waals surface area contributed by atoms with Crippen molar-refractivity contribution >= 4 is 35.5 Å². The van der Waals surface area contributed by atoms with E-state index in [4.69, 9.17) is 5.73 Å². The van der Waals surface area contributed by atoms with Crippen LogP contribution in [-0.4, -0.2) is 81.3 Å². The van der Waals surface area contributed by atoms with Crippen LogP contribution in [0.1, 0.15) is 39.2 Å². The summed E-state index contributed by atoms with van der Waals surface area (Å²) >= 11 is 1.43. The van der Waals surface area contributed by atoms with E-state index in [2.05, 4.69) is 16.0 Å². The van der Waals surface area contributed by atoms with Crippen molar-refractivity contribution in [3.05, 3.63) is 29.8 Å². The number of aliphatic hydroxyl groups excluding tert-OH is 1. The number of hydrogen-bond acceptors (Lipinski definition) is 8. The fourth-order valence-corrected chi connectivity index (χ4v) is 3.74. The van der Waals surface area contributed by atoms with Crippen LogP contribution in [0.15, 0.2) is 24.3 Å². The quantitative estimate of drug-likeness (QED) is 0.165. The van der Waals surface area contributed by atoms with Crippen LogP contribution in [0, 0.1) is 5.92 Å². The predicted molar refractivity (Wildman–Crippen MR) is 137 cm³/mol. The van der Waals surface area contributed by atoms with Crippen LogP contribution < -0.4 is 21.7 Å². The minimum atomic E-state index is -1.39. The third kappa shape index (κ3) is 10.0. The molecule has 3 amide bonds. The zero-order valence-corrected chi connectivity index (χ0v) is 21.9. The smallest absolute Gasteiger partial charge is 0.326 e. The normalized spacial score (nSPS) is 16.1. The van der Waals surface area contributed by atoms with Gasteiger partial charge in [-0.3, -0.25) is 14.4 Å². The number of thioether (sulfide) groups is 1. The number of nitrogens with two attached hydrogens (primary N) is 1. The molecular formula is C24H38N4O7S. The standard InChI is InChI=1S/C24H38N4O7S/c1-5-13(2)19(25)22(32)28-20(14(3)29)23(33)27-18(12-15-6-8-16(30)9-7-15)21(31)26-17(24(34)35)10-11-36-4/h6-9,13-14,17-20,29-30H,5,10-12,25H2,1-4H3,(H,26,31)(H,27,33)(H,28,32)(H,34,35). The Hall–Kier alpha value is -2.83. The third-order valence-electron chi connectivity index (χ3n) is 5.86. The lowest BCUT2D eigenvalue weighted by Gasteiger charge is -2.27. The van der Waals surface area contributed by atoms with Crippen LogP contribution in [0.5, 0.6) is 5.75 Å². The minimum absolute atomic E-state index is 0.0151. The second-order valence-electron chi connectivity index (χ2n) is 8.75. The highest BCUT2D eigenvalue weighted by Gasteiger charge is 2.33. The molecule has 0 aromatic heterocycles. The van der Waals surface area contributed by atoms with Crippen LogP contribution >= 0.6 is 11.8 Å². The molecule has 0 saturated heterocycles. The summed E-state index contributed by atoms with van der Waals surface area (Å²) < 4.78 is 0. The van der Waals surface area contributed by atoms with Crippen molar-refractivity contribution in [3.63, 3.8) is 0 Å². The Labute approximate surface area is 215 Å². The lowest BCUT2D eigenvalue weighted by Crippen LogP contribution is -2.60. The van der Waals surface area contributed by atoms with Gasteiger partial charge in [0.25, 0.3) is 0 Å².